The molecular formula is C57H96N20O14S2. The summed E-state index contributed by atoms with van der Waals surface area (Å²) in [4.78, 5) is 180. The highest BCUT2D eigenvalue weighted by Gasteiger charge is 2.38. The molecule has 0 saturated carbocycles. The molecule has 520 valence electrons. The second-order valence-corrected chi connectivity index (χ2v) is 24.8. The number of carbonyl (C=O) groups excluding carboxylic acids is 10. The minimum Gasteiger partial charge on any atom is -0.481 e. The van der Waals surface area contributed by atoms with Gasteiger partial charge in [0.1, 0.15) is 60.4 Å². The van der Waals surface area contributed by atoms with E-state index in [1.54, 1.807) is 58.0 Å². The van der Waals surface area contributed by atoms with Gasteiger partial charge in [-0.05, 0) is 82.2 Å². The molecule has 1 aromatic rings. The summed E-state index contributed by atoms with van der Waals surface area (Å²) in [5.41, 5.74) is 39.2. The summed E-state index contributed by atoms with van der Waals surface area (Å²) < 4.78 is 0. The Morgan fingerprint density at radius 3 is 1.59 bits per heavy atom. The number of carbonyl (C=O) groups is 12. The number of guanidine groups is 3. The fraction of sp³-hybridized carbons (Fsp3) is 0.632. The van der Waals surface area contributed by atoms with Crippen LogP contribution in [-0.2, 0) is 64.0 Å². The van der Waals surface area contributed by atoms with Crippen molar-refractivity contribution < 1.29 is 67.7 Å². The summed E-state index contributed by atoms with van der Waals surface area (Å²) in [6.07, 6.45) is -0.254. The number of hydrogen-bond acceptors (Lipinski definition) is 18. The quantitative estimate of drug-likeness (QED) is 0.0149. The Labute approximate surface area is 548 Å². The number of rotatable bonds is 30. The lowest BCUT2D eigenvalue weighted by Crippen LogP contribution is -2.62. The van der Waals surface area contributed by atoms with Crippen molar-refractivity contribution in [2.45, 2.75) is 179 Å². The van der Waals surface area contributed by atoms with Crippen LogP contribution in [0.25, 0.3) is 0 Å². The highest BCUT2D eigenvalue weighted by Crippen LogP contribution is 2.24. The number of nitrogens with one attached hydrogen (secondary N) is 10. The topological polar surface area (TPSA) is 585 Å². The highest BCUT2D eigenvalue weighted by atomic mass is 33.1. The van der Waals surface area contributed by atoms with Gasteiger partial charge in [0.15, 0.2) is 17.9 Å². The predicted molar refractivity (Wildman–Crippen MR) is 351 cm³/mol. The van der Waals surface area contributed by atoms with Crippen LogP contribution >= 0.6 is 21.6 Å². The van der Waals surface area contributed by atoms with E-state index in [9.17, 15) is 67.7 Å². The summed E-state index contributed by atoms with van der Waals surface area (Å²) in [7, 11) is 1.88. The summed E-state index contributed by atoms with van der Waals surface area (Å²) in [5.74, 6) is -15.1. The van der Waals surface area contributed by atoms with E-state index >= 15 is 0 Å². The van der Waals surface area contributed by atoms with Crippen molar-refractivity contribution in [1.82, 2.24) is 53.2 Å². The van der Waals surface area contributed by atoms with E-state index in [2.05, 4.69) is 68.1 Å². The smallest absolute Gasteiger partial charge is 0.326 e. The second kappa shape index (κ2) is 43.2. The molecule has 0 spiro atoms. The first-order valence-corrected chi connectivity index (χ1v) is 33.1. The molecule has 0 radical (unpaired) electrons. The van der Waals surface area contributed by atoms with Crippen LogP contribution in [0, 0.1) is 11.8 Å². The van der Waals surface area contributed by atoms with E-state index in [0.717, 1.165) is 21.6 Å². The minimum absolute atomic E-state index is 0.00736. The largest absolute Gasteiger partial charge is 0.481 e. The van der Waals surface area contributed by atoms with E-state index in [4.69, 9.17) is 40.1 Å². The number of benzene rings is 1. The third-order valence-corrected chi connectivity index (χ3v) is 17.1. The Balaban J connectivity index is 2.95. The van der Waals surface area contributed by atoms with E-state index in [-0.39, 0.29) is 120 Å². The summed E-state index contributed by atoms with van der Waals surface area (Å²) >= 11 is 0. The normalized spacial score (nSPS) is 22.1. The van der Waals surface area contributed by atoms with Gasteiger partial charge < -0.3 is 104 Å². The molecule has 34 nitrogen and oxygen atoms in total. The maximum Gasteiger partial charge on any atom is 0.326 e. The lowest BCUT2D eigenvalue weighted by molar-refractivity contribution is -0.142. The molecule has 1 heterocycles. The van der Waals surface area contributed by atoms with Crippen LogP contribution in [0.5, 0.6) is 0 Å². The van der Waals surface area contributed by atoms with Crippen LogP contribution in [0.1, 0.15) is 117 Å². The molecule has 12 atom stereocenters. The van der Waals surface area contributed by atoms with Gasteiger partial charge >= 0.3 is 11.9 Å². The SMILES string of the molecule is CC[C@H](C)[C@@H]1NC(=O)[C@H](CCCN=C(N)N)NC(=O)C(CC(=O)O)NC(=O)[C@H]([C@@H](C)CC)NC(=O)[C@H](CCCN=C(N)N)NC(=O)[C@@H](C)NC(=O)[C@@H](NC(=O)CCCCN)CSSCC(C(=O)N[C@@H](Cc2ccccc2)C(=O)N[C@@H](CCCN=C(N)N)C(=O)O)NC1=O. The zero-order chi connectivity index (χ0) is 69.7. The number of unbranched alkanes of at least 4 members (excludes halogenated alkanes) is 1. The standard InChI is InChI=1S/C57H96N20O14S2/c1-6-30(3)43-52(88)74-38(27-42(79)80)49(85)71-35(19-14-24-66-56(61)62)47(83)77-44(31(4)7-2)53(89)75-40(51(87)73-37(26-33-16-9-8-10-17-33)48(84)72-36(54(90)91)20-15-25-67-57(63)64)29-93-92-28-39(69-41(78)21-11-12-22-58)50(86)68-32(5)45(81)70-34(46(82)76-43)18-13-23-65-55(59)60/h8-10,16-17,30-32,34-40,43-44H,6-7,11-15,18-29,58H2,1-5H3,(H,68,86)(H,69,78)(H,70,81)(H,71,85)(H,72,84)(H,73,87)(H,74,88)(H,75,89)(H,76,82)(H,77,83)(H,79,80)(H,90,91)(H4,59,60,65)(H4,61,62,66)(H4,63,64,67)/t30-,31-,32+,34-,35-,36-,37-,38?,39-,40?,43-,44-/m0/s1. The van der Waals surface area contributed by atoms with Gasteiger partial charge in [-0.2, -0.15) is 0 Å². The molecule has 1 fully saturated rings. The van der Waals surface area contributed by atoms with Crippen molar-refractivity contribution >= 4 is 110 Å². The second-order valence-electron chi connectivity index (χ2n) is 22.2. The van der Waals surface area contributed by atoms with Gasteiger partial charge in [-0.25, -0.2) is 4.79 Å². The van der Waals surface area contributed by atoms with Gasteiger partial charge in [-0.1, -0.05) is 92.5 Å². The van der Waals surface area contributed by atoms with E-state index in [1.807, 2.05) is 0 Å². The maximum atomic E-state index is 14.9. The van der Waals surface area contributed by atoms with Gasteiger partial charge in [0.05, 0.1) is 6.42 Å². The van der Waals surface area contributed by atoms with E-state index in [1.165, 1.54) is 6.92 Å². The average molecular weight is 1350 g/mol. The van der Waals surface area contributed by atoms with E-state index in [0.29, 0.717) is 18.4 Å². The molecular weight excluding hydrogens is 1250 g/mol. The monoisotopic (exact) mass is 1350 g/mol. The van der Waals surface area contributed by atoms with Crippen molar-refractivity contribution in [3.05, 3.63) is 35.9 Å². The fourth-order valence-electron chi connectivity index (χ4n) is 8.97. The Bertz CT molecular complexity index is 2760. The number of carboxylic acid groups (broad SMARTS) is 2. The molecule has 1 aliphatic rings. The van der Waals surface area contributed by atoms with Gasteiger partial charge in [-0.15, -0.1) is 0 Å². The Kier molecular flexibility index (Phi) is 37.4. The lowest BCUT2D eigenvalue weighted by atomic mass is 9.96. The molecule has 0 bridgehead atoms. The summed E-state index contributed by atoms with van der Waals surface area (Å²) in [5, 5.41) is 46.0. The Hall–Kier alpha value is -8.67. The first-order chi connectivity index (χ1) is 44.0. The van der Waals surface area contributed by atoms with E-state index < -0.39 is 150 Å². The molecule has 2 rings (SSSR count). The molecule has 26 N–H and O–H groups in total. The molecule has 10 amide bonds. The number of carboxylic acids is 2. The molecule has 0 aliphatic carbocycles. The van der Waals surface area contributed by atoms with Crippen molar-refractivity contribution in [2.24, 2.45) is 66.9 Å². The Morgan fingerprint density at radius 2 is 1.09 bits per heavy atom. The number of nitrogens with two attached hydrogens (primary N) is 7. The molecule has 2 unspecified atom stereocenters. The van der Waals surface area contributed by atoms with Crippen molar-refractivity contribution in [1.29, 1.82) is 0 Å². The molecule has 1 saturated heterocycles. The highest BCUT2D eigenvalue weighted by molar-refractivity contribution is 8.76. The summed E-state index contributed by atoms with van der Waals surface area (Å²) in [6.45, 7) is 8.12. The van der Waals surface area contributed by atoms with Crippen molar-refractivity contribution in [3.63, 3.8) is 0 Å². The van der Waals surface area contributed by atoms with Crippen LogP contribution < -0.4 is 93.3 Å². The number of amides is 10. The van der Waals surface area contributed by atoms with Gasteiger partial charge in [0.25, 0.3) is 0 Å². The van der Waals surface area contributed by atoms with Crippen LogP contribution in [0.4, 0.5) is 0 Å². The van der Waals surface area contributed by atoms with Crippen molar-refractivity contribution in [3.8, 4) is 0 Å². The maximum absolute atomic E-state index is 14.9. The first-order valence-electron chi connectivity index (χ1n) is 30.6. The minimum atomic E-state index is -1.91. The lowest BCUT2D eigenvalue weighted by Gasteiger charge is -2.30. The van der Waals surface area contributed by atoms with Gasteiger partial charge in [0, 0.05) is 44.0 Å². The molecule has 93 heavy (non-hydrogen) atoms. The third kappa shape index (κ3) is 31.5. The van der Waals surface area contributed by atoms with Crippen LogP contribution in [0.15, 0.2) is 45.3 Å². The Morgan fingerprint density at radius 1 is 0.591 bits per heavy atom. The number of aliphatic carboxylic acids is 2. The molecule has 1 aliphatic heterocycles. The molecule has 1 aromatic carbocycles. The zero-order valence-electron chi connectivity index (χ0n) is 53.2. The van der Waals surface area contributed by atoms with Gasteiger partial charge in [-0.3, -0.25) is 67.7 Å². The predicted octanol–water partition coefficient (Wildman–Crippen LogP) is -4.57. The molecule has 36 heteroatoms. The third-order valence-electron chi connectivity index (χ3n) is 14.7. The van der Waals surface area contributed by atoms with Crippen LogP contribution in [0.2, 0.25) is 0 Å². The fourth-order valence-corrected chi connectivity index (χ4v) is 11.3. The van der Waals surface area contributed by atoms with Gasteiger partial charge in [0.2, 0.25) is 59.1 Å². The van der Waals surface area contributed by atoms with Crippen LogP contribution in [0.3, 0.4) is 0 Å². The number of nitrogens with zero attached hydrogens (tertiary/aromatic N) is 3. The number of hydrogen-bond donors (Lipinski definition) is 19. The first kappa shape index (κ1) is 80.4. The molecule has 0 aromatic heterocycles. The van der Waals surface area contributed by atoms with Crippen molar-refractivity contribution in [2.75, 3.05) is 37.7 Å². The zero-order valence-corrected chi connectivity index (χ0v) is 54.9. The number of aliphatic imine (C=N–C) groups is 3. The average Bonchev–Trinajstić information content (AvgIpc) is 1.20. The van der Waals surface area contributed by atoms with Crippen LogP contribution in [-0.4, -0.2) is 197 Å². The summed E-state index contributed by atoms with van der Waals surface area (Å²) in [6, 6.07) is -6.92.